The van der Waals surface area contributed by atoms with Crippen LogP contribution in [-0.2, 0) is 9.59 Å². The van der Waals surface area contributed by atoms with E-state index in [-0.39, 0.29) is 24.8 Å². The molecule has 4 N–H and O–H groups in total. The summed E-state index contributed by atoms with van der Waals surface area (Å²) in [7, 11) is 0. The summed E-state index contributed by atoms with van der Waals surface area (Å²) < 4.78 is 0. The Morgan fingerprint density at radius 1 is 1.47 bits per heavy atom. The summed E-state index contributed by atoms with van der Waals surface area (Å²) in [6.45, 7) is 3.95. The number of aliphatic carboxylic acids is 1. The maximum absolute atomic E-state index is 12.0. The van der Waals surface area contributed by atoms with Gasteiger partial charge >= 0.3 is 5.97 Å². The second-order valence-electron chi connectivity index (χ2n) is 4.97. The lowest BCUT2D eigenvalue weighted by Crippen LogP contribution is -2.49. The fraction of sp³-hybridized carbons (Fsp3) is 0.818. The molecule has 1 amide bonds. The van der Waals surface area contributed by atoms with Gasteiger partial charge in [0.15, 0.2) is 0 Å². The number of carbonyl (C=O) groups is 2. The van der Waals surface area contributed by atoms with E-state index in [9.17, 15) is 14.7 Å². The maximum Gasteiger partial charge on any atom is 0.326 e. The number of β-amino-alcohol motifs (C(OH)–C–C–N with tert-alkyl or cyclic N) is 1. The van der Waals surface area contributed by atoms with Crippen LogP contribution in [0.5, 0.6) is 0 Å². The molecule has 17 heavy (non-hydrogen) atoms. The van der Waals surface area contributed by atoms with E-state index < -0.39 is 24.2 Å². The van der Waals surface area contributed by atoms with E-state index in [4.69, 9.17) is 10.8 Å². The average Bonchev–Trinajstić information content (AvgIpc) is 2.58. The lowest BCUT2D eigenvalue weighted by molar-refractivity contribution is -0.148. The van der Waals surface area contributed by atoms with Crippen molar-refractivity contribution < 1.29 is 19.8 Å². The van der Waals surface area contributed by atoms with Crippen molar-refractivity contribution in [1.29, 1.82) is 0 Å². The number of hydrogen-bond donors (Lipinski definition) is 3. The Bertz CT molecular complexity index is 306. The molecular weight excluding hydrogens is 224 g/mol. The van der Waals surface area contributed by atoms with Crippen molar-refractivity contribution in [3.63, 3.8) is 0 Å². The van der Waals surface area contributed by atoms with E-state index in [0.29, 0.717) is 6.42 Å². The molecule has 0 aliphatic carbocycles. The summed E-state index contributed by atoms with van der Waals surface area (Å²) in [6, 6.07) is -1.64. The lowest BCUT2D eigenvalue weighted by atomic mass is 10.0. The van der Waals surface area contributed by atoms with Crippen LogP contribution in [-0.4, -0.2) is 51.7 Å². The van der Waals surface area contributed by atoms with Crippen LogP contribution in [0.1, 0.15) is 26.7 Å². The first-order chi connectivity index (χ1) is 7.82. The first-order valence-electron chi connectivity index (χ1n) is 5.79. The molecule has 1 fully saturated rings. The van der Waals surface area contributed by atoms with E-state index in [1.807, 2.05) is 13.8 Å². The quantitative estimate of drug-likeness (QED) is 0.613. The zero-order valence-corrected chi connectivity index (χ0v) is 10.2. The molecule has 0 bridgehead atoms. The highest BCUT2D eigenvalue weighted by atomic mass is 16.4. The molecular formula is C11H20N2O4. The minimum Gasteiger partial charge on any atom is -0.480 e. The third-order valence-corrected chi connectivity index (χ3v) is 2.89. The van der Waals surface area contributed by atoms with Crippen LogP contribution < -0.4 is 5.73 Å². The number of aliphatic hydroxyl groups is 1. The van der Waals surface area contributed by atoms with Gasteiger partial charge in [0, 0.05) is 13.0 Å². The topological polar surface area (TPSA) is 104 Å². The van der Waals surface area contributed by atoms with Crippen molar-refractivity contribution in [3.8, 4) is 0 Å². The van der Waals surface area contributed by atoms with E-state index >= 15 is 0 Å². The van der Waals surface area contributed by atoms with Crippen molar-refractivity contribution in [3.05, 3.63) is 0 Å². The minimum absolute atomic E-state index is 0.0571. The van der Waals surface area contributed by atoms with Gasteiger partial charge < -0.3 is 20.8 Å². The zero-order valence-electron chi connectivity index (χ0n) is 10.2. The Morgan fingerprint density at radius 2 is 2.06 bits per heavy atom. The smallest absolute Gasteiger partial charge is 0.326 e. The van der Waals surface area contributed by atoms with Crippen molar-refractivity contribution in [2.45, 2.75) is 44.9 Å². The molecule has 0 aromatic heterocycles. The van der Waals surface area contributed by atoms with Crippen LogP contribution in [0, 0.1) is 5.92 Å². The third kappa shape index (κ3) is 3.41. The first kappa shape index (κ1) is 13.9. The zero-order chi connectivity index (χ0) is 13.2. The Morgan fingerprint density at radius 3 is 2.53 bits per heavy atom. The number of carboxylic acids is 1. The lowest BCUT2D eigenvalue weighted by Gasteiger charge is -2.25. The number of hydrogen-bond acceptors (Lipinski definition) is 4. The number of likely N-dealkylation sites (tertiary alicyclic amines) is 1. The Labute approximate surface area is 100 Å². The number of amides is 1. The summed E-state index contributed by atoms with van der Waals surface area (Å²) in [6.07, 6.45) is -0.181. The summed E-state index contributed by atoms with van der Waals surface area (Å²) in [5, 5.41) is 18.4. The molecule has 6 nitrogen and oxygen atoms in total. The molecule has 1 unspecified atom stereocenters. The fourth-order valence-electron chi connectivity index (χ4n) is 2.11. The van der Waals surface area contributed by atoms with Gasteiger partial charge in [0.2, 0.25) is 5.91 Å². The largest absolute Gasteiger partial charge is 0.480 e. The second-order valence-corrected chi connectivity index (χ2v) is 4.97. The monoisotopic (exact) mass is 244 g/mol. The van der Waals surface area contributed by atoms with Crippen LogP contribution in [0.15, 0.2) is 0 Å². The number of nitrogens with zero attached hydrogens (tertiary/aromatic N) is 1. The second kappa shape index (κ2) is 5.46. The van der Waals surface area contributed by atoms with Gasteiger partial charge in [-0.25, -0.2) is 4.79 Å². The summed E-state index contributed by atoms with van der Waals surface area (Å²) in [5.41, 5.74) is 5.74. The molecule has 1 aliphatic rings. The van der Waals surface area contributed by atoms with Crippen molar-refractivity contribution in [1.82, 2.24) is 4.90 Å². The summed E-state index contributed by atoms with van der Waals surface area (Å²) in [4.78, 5) is 24.1. The average molecular weight is 244 g/mol. The molecule has 0 spiro atoms. The number of aliphatic hydroxyl groups excluding tert-OH is 1. The Kier molecular flexibility index (Phi) is 4.47. The number of nitrogens with two attached hydrogens (primary N) is 1. The van der Waals surface area contributed by atoms with Gasteiger partial charge in [-0.05, 0) is 12.3 Å². The molecule has 1 saturated heterocycles. The summed E-state index contributed by atoms with van der Waals surface area (Å²) >= 11 is 0. The molecule has 1 aliphatic heterocycles. The molecule has 0 saturated carbocycles. The number of carboxylic acid groups (broad SMARTS) is 1. The molecule has 0 radical (unpaired) electrons. The van der Waals surface area contributed by atoms with Crippen molar-refractivity contribution in [2.24, 2.45) is 11.7 Å². The molecule has 1 heterocycles. The standard InChI is InChI=1S/C11H20N2O4/c1-6(2)3-8(12)10(15)13-5-7(14)4-9(13)11(16)17/h6-9,14H,3-5,12H2,1-2H3,(H,16,17)/t7-,8?,9+/m1/s1. The SMILES string of the molecule is CC(C)CC(N)C(=O)N1C[C@H](O)C[C@H]1C(=O)O. The molecule has 0 aromatic carbocycles. The summed E-state index contributed by atoms with van der Waals surface area (Å²) in [5.74, 6) is -1.21. The fourth-order valence-corrected chi connectivity index (χ4v) is 2.11. The van der Waals surface area contributed by atoms with Gasteiger partial charge in [0.05, 0.1) is 12.1 Å². The maximum atomic E-state index is 12.0. The van der Waals surface area contributed by atoms with Crippen molar-refractivity contribution in [2.75, 3.05) is 6.54 Å². The van der Waals surface area contributed by atoms with Crippen LogP contribution in [0.25, 0.3) is 0 Å². The van der Waals surface area contributed by atoms with Crippen LogP contribution in [0.4, 0.5) is 0 Å². The molecule has 3 atom stereocenters. The number of rotatable bonds is 4. The Balaban J connectivity index is 2.70. The molecule has 0 aromatic rings. The highest BCUT2D eigenvalue weighted by molar-refractivity contribution is 5.87. The number of carbonyl (C=O) groups excluding carboxylic acids is 1. The van der Waals surface area contributed by atoms with E-state index in [0.717, 1.165) is 0 Å². The van der Waals surface area contributed by atoms with E-state index in [1.165, 1.54) is 4.90 Å². The highest BCUT2D eigenvalue weighted by Crippen LogP contribution is 2.20. The minimum atomic E-state index is -1.09. The van der Waals surface area contributed by atoms with Crippen LogP contribution in [0.3, 0.4) is 0 Å². The molecule has 98 valence electrons. The van der Waals surface area contributed by atoms with Crippen molar-refractivity contribution >= 4 is 11.9 Å². The predicted molar refractivity (Wildman–Crippen MR) is 61.2 cm³/mol. The van der Waals surface area contributed by atoms with E-state index in [1.54, 1.807) is 0 Å². The van der Waals surface area contributed by atoms with Crippen LogP contribution in [0.2, 0.25) is 0 Å². The van der Waals surface area contributed by atoms with Gasteiger partial charge in [0.1, 0.15) is 6.04 Å². The first-order valence-corrected chi connectivity index (χ1v) is 5.79. The predicted octanol–water partition coefficient (Wildman–Crippen LogP) is -0.594. The van der Waals surface area contributed by atoms with Gasteiger partial charge in [-0.1, -0.05) is 13.8 Å². The van der Waals surface area contributed by atoms with Crippen LogP contribution >= 0.6 is 0 Å². The van der Waals surface area contributed by atoms with E-state index in [2.05, 4.69) is 0 Å². The third-order valence-electron chi connectivity index (χ3n) is 2.89. The van der Waals surface area contributed by atoms with Gasteiger partial charge in [-0.2, -0.15) is 0 Å². The molecule has 6 heteroatoms. The van der Waals surface area contributed by atoms with Gasteiger partial charge in [-0.15, -0.1) is 0 Å². The van der Waals surface area contributed by atoms with Gasteiger partial charge in [0.25, 0.3) is 0 Å². The molecule has 1 rings (SSSR count). The van der Waals surface area contributed by atoms with Gasteiger partial charge in [-0.3, -0.25) is 4.79 Å². The Hall–Kier alpha value is -1.14. The normalized spacial score (nSPS) is 26.3. The highest BCUT2D eigenvalue weighted by Gasteiger charge is 2.40.